The highest BCUT2D eigenvalue weighted by molar-refractivity contribution is 9.10. The summed E-state index contributed by atoms with van der Waals surface area (Å²) >= 11 is 3.56. The largest absolute Gasteiger partial charge is 0.494 e. The van der Waals surface area contributed by atoms with Gasteiger partial charge in [0.1, 0.15) is 21.9 Å². The summed E-state index contributed by atoms with van der Waals surface area (Å²) in [7, 11) is 1.99. The summed E-state index contributed by atoms with van der Waals surface area (Å²) in [6, 6.07) is 7.98. The van der Waals surface area contributed by atoms with E-state index in [2.05, 4.69) is 20.9 Å². The van der Waals surface area contributed by atoms with Gasteiger partial charge in [-0.15, -0.1) is 0 Å². The molecular formula is C13H15BrN2O. The number of aromatic nitrogens is 2. The van der Waals surface area contributed by atoms with Crippen LogP contribution in [0.1, 0.15) is 12.7 Å². The van der Waals surface area contributed by atoms with Gasteiger partial charge in [0.2, 0.25) is 0 Å². The van der Waals surface area contributed by atoms with E-state index >= 15 is 0 Å². The van der Waals surface area contributed by atoms with Crippen LogP contribution in [0.3, 0.4) is 0 Å². The molecule has 17 heavy (non-hydrogen) atoms. The molecule has 3 nitrogen and oxygen atoms in total. The molecule has 1 heterocycles. The van der Waals surface area contributed by atoms with Crippen LogP contribution in [0, 0.1) is 6.92 Å². The molecule has 0 aliphatic heterocycles. The van der Waals surface area contributed by atoms with E-state index in [1.807, 2.05) is 49.7 Å². The van der Waals surface area contributed by atoms with Gasteiger partial charge >= 0.3 is 0 Å². The molecular weight excluding hydrogens is 280 g/mol. The Kier molecular flexibility index (Phi) is 3.52. The normalized spacial score (nSPS) is 10.6. The van der Waals surface area contributed by atoms with Gasteiger partial charge in [-0.05, 0) is 41.9 Å². The Labute approximate surface area is 110 Å². The van der Waals surface area contributed by atoms with Crippen LogP contribution in [0.15, 0.2) is 28.9 Å². The molecule has 2 aromatic rings. The predicted molar refractivity (Wildman–Crippen MR) is 72.3 cm³/mol. The fraction of sp³-hybridized carbons (Fsp3) is 0.308. The van der Waals surface area contributed by atoms with Crippen LogP contribution in [0.4, 0.5) is 0 Å². The Morgan fingerprint density at radius 2 is 2.18 bits per heavy atom. The molecule has 0 N–H and O–H groups in total. The molecule has 0 aliphatic carbocycles. The summed E-state index contributed by atoms with van der Waals surface area (Å²) < 4.78 is 8.50. The van der Waals surface area contributed by atoms with Gasteiger partial charge in [-0.2, -0.15) is 0 Å². The van der Waals surface area contributed by atoms with Gasteiger partial charge in [-0.1, -0.05) is 12.1 Å². The molecule has 0 spiro atoms. The second kappa shape index (κ2) is 4.92. The maximum atomic E-state index is 5.50. The molecule has 1 aromatic carbocycles. The minimum Gasteiger partial charge on any atom is -0.494 e. The van der Waals surface area contributed by atoms with Gasteiger partial charge in [0.15, 0.2) is 0 Å². The van der Waals surface area contributed by atoms with E-state index in [0.717, 1.165) is 27.4 Å². The lowest BCUT2D eigenvalue weighted by Crippen LogP contribution is -1.91. The molecule has 4 heteroatoms. The zero-order chi connectivity index (χ0) is 12.4. The van der Waals surface area contributed by atoms with E-state index in [0.29, 0.717) is 6.61 Å². The average molecular weight is 295 g/mol. The second-order valence-corrected chi connectivity index (χ2v) is 4.57. The fourth-order valence-electron chi connectivity index (χ4n) is 1.67. The highest BCUT2D eigenvalue weighted by Crippen LogP contribution is 2.29. The van der Waals surface area contributed by atoms with Gasteiger partial charge in [-0.3, -0.25) is 0 Å². The summed E-state index contributed by atoms with van der Waals surface area (Å²) in [6.45, 7) is 4.64. The zero-order valence-electron chi connectivity index (χ0n) is 10.2. The fourth-order valence-corrected chi connectivity index (χ4v) is 2.24. The molecule has 0 aliphatic rings. The predicted octanol–water partition coefficient (Wildman–Crippen LogP) is 3.56. The lowest BCUT2D eigenvalue weighted by Gasteiger charge is -2.04. The van der Waals surface area contributed by atoms with Crippen LogP contribution in [0.25, 0.3) is 11.3 Å². The summed E-state index contributed by atoms with van der Waals surface area (Å²) in [5.41, 5.74) is 2.01. The van der Waals surface area contributed by atoms with E-state index in [-0.39, 0.29) is 0 Å². The zero-order valence-corrected chi connectivity index (χ0v) is 11.8. The van der Waals surface area contributed by atoms with Gasteiger partial charge in [0.25, 0.3) is 0 Å². The number of hydrogen-bond donors (Lipinski definition) is 0. The first-order valence-corrected chi connectivity index (χ1v) is 6.34. The summed E-state index contributed by atoms with van der Waals surface area (Å²) in [5.74, 6) is 1.86. The Morgan fingerprint density at radius 1 is 1.41 bits per heavy atom. The SMILES string of the molecule is CCOc1cccc(-c2nc(C)n(C)c2Br)c1. The van der Waals surface area contributed by atoms with Gasteiger partial charge in [-0.25, -0.2) is 4.98 Å². The first kappa shape index (κ1) is 12.2. The van der Waals surface area contributed by atoms with Crippen molar-refractivity contribution >= 4 is 15.9 Å². The highest BCUT2D eigenvalue weighted by atomic mass is 79.9. The minimum atomic E-state index is 0.672. The van der Waals surface area contributed by atoms with Crippen LogP contribution in [-0.2, 0) is 7.05 Å². The van der Waals surface area contributed by atoms with Crippen LogP contribution in [0.2, 0.25) is 0 Å². The molecule has 0 saturated heterocycles. The van der Waals surface area contributed by atoms with E-state index in [1.165, 1.54) is 0 Å². The molecule has 0 amide bonds. The van der Waals surface area contributed by atoms with Crippen molar-refractivity contribution in [2.75, 3.05) is 6.61 Å². The van der Waals surface area contributed by atoms with Gasteiger partial charge < -0.3 is 9.30 Å². The topological polar surface area (TPSA) is 27.1 Å². The highest BCUT2D eigenvalue weighted by Gasteiger charge is 2.11. The van der Waals surface area contributed by atoms with E-state index < -0.39 is 0 Å². The van der Waals surface area contributed by atoms with Crippen molar-refractivity contribution in [3.05, 3.63) is 34.7 Å². The molecule has 0 unspecified atom stereocenters. The lowest BCUT2D eigenvalue weighted by atomic mass is 10.1. The van der Waals surface area contributed by atoms with Crippen molar-refractivity contribution in [1.82, 2.24) is 9.55 Å². The quantitative estimate of drug-likeness (QED) is 0.865. The Balaban J connectivity index is 2.45. The number of halogens is 1. The van der Waals surface area contributed by atoms with E-state index in [4.69, 9.17) is 4.74 Å². The van der Waals surface area contributed by atoms with Crippen molar-refractivity contribution in [1.29, 1.82) is 0 Å². The average Bonchev–Trinajstić information content (AvgIpc) is 2.58. The molecule has 1 aromatic heterocycles. The summed E-state index contributed by atoms with van der Waals surface area (Å²) in [4.78, 5) is 4.54. The van der Waals surface area contributed by atoms with Crippen molar-refractivity contribution in [2.24, 2.45) is 7.05 Å². The number of aryl methyl sites for hydroxylation is 1. The Hall–Kier alpha value is -1.29. The van der Waals surface area contributed by atoms with Crippen molar-refractivity contribution in [3.63, 3.8) is 0 Å². The maximum Gasteiger partial charge on any atom is 0.119 e. The minimum absolute atomic E-state index is 0.672. The number of imidazole rings is 1. The van der Waals surface area contributed by atoms with Crippen molar-refractivity contribution in [2.45, 2.75) is 13.8 Å². The number of ether oxygens (including phenoxy) is 1. The Bertz CT molecular complexity index is 534. The molecule has 2 rings (SSSR count). The third-order valence-electron chi connectivity index (χ3n) is 2.67. The Morgan fingerprint density at radius 3 is 2.76 bits per heavy atom. The van der Waals surface area contributed by atoms with Gasteiger partial charge in [0.05, 0.1) is 6.61 Å². The van der Waals surface area contributed by atoms with Crippen LogP contribution in [0.5, 0.6) is 5.75 Å². The number of hydrogen-bond acceptors (Lipinski definition) is 2. The molecule has 0 atom stereocenters. The summed E-state index contributed by atoms with van der Waals surface area (Å²) in [5, 5.41) is 0. The van der Waals surface area contributed by atoms with Crippen molar-refractivity contribution < 1.29 is 4.74 Å². The first-order chi connectivity index (χ1) is 8.13. The molecule has 0 fully saturated rings. The standard InChI is InChI=1S/C13H15BrN2O/c1-4-17-11-7-5-6-10(8-11)12-13(14)16(3)9(2)15-12/h5-8H,4H2,1-3H3. The third-order valence-corrected chi connectivity index (χ3v) is 3.57. The monoisotopic (exact) mass is 294 g/mol. The first-order valence-electron chi connectivity index (χ1n) is 5.55. The smallest absolute Gasteiger partial charge is 0.119 e. The summed E-state index contributed by atoms with van der Waals surface area (Å²) in [6.07, 6.45) is 0. The molecule has 0 bridgehead atoms. The van der Waals surface area contributed by atoms with E-state index in [1.54, 1.807) is 0 Å². The number of rotatable bonds is 3. The van der Waals surface area contributed by atoms with Crippen LogP contribution < -0.4 is 4.74 Å². The maximum absolute atomic E-state index is 5.50. The molecule has 0 radical (unpaired) electrons. The van der Waals surface area contributed by atoms with Gasteiger partial charge in [0, 0.05) is 12.6 Å². The van der Waals surface area contributed by atoms with Crippen LogP contribution in [-0.4, -0.2) is 16.2 Å². The van der Waals surface area contributed by atoms with E-state index in [9.17, 15) is 0 Å². The van der Waals surface area contributed by atoms with Crippen LogP contribution >= 0.6 is 15.9 Å². The molecule has 0 saturated carbocycles. The number of nitrogens with zero attached hydrogens (tertiary/aromatic N) is 2. The third kappa shape index (κ3) is 2.36. The van der Waals surface area contributed by atoms with Crippen molar-refractivity contribution in [3.8, 4) is 17.0 Å². The number of benzene rings is 1. The lowest BCUT2D eigenvalue weighted by molar-refractivity contribution is 0.340. The second-order valence-electron chi connectivity index (χ2n) is 3.82. The molecule has 90 valence electrons.